The van der Waals surface area contributed by atoms with Gasteiger partial charge in [0, 0.05) is 27.1 Å². The molecule has 0 saturated heterocycles. The quantitative estimate of drug-likeness (QED) is 0.798. The maximum absolute atomic E-state index is 13.8. The van der Waals surface area contributed by atoms with Gasteiger partial charge in [0.05, 0.1) is 12.8 Å². The summed E-state index contributed by atoms with van der Waals surface area (Å²) >= 11 is 6.91. The molecular formula is C14H12Br2FNO. The van der Waals surface area contributed by atoms with Gasteiger partial charge in [0.15, 0.2) is 0 Å². The van der Waals surface area contributed by atoms with E-state index in [0.29, 0.717) is 17.9 Å². The molecule has 19 heavy (non-hydrogen) atoms. The molecule has 0 aliphatic rings. The Morgan fingerprint density at radius 1 is 1.16 bits per heavy atom. The maximum Gasteiger partial charge on any atom is 0.131 e. The van der Waals surface area contributed by atoms with Crippen molar-refractivity contribution >= 4 is 37.5 Å². The number of nitrogens with one attached hydrogen (secondary N) is 1. The van der Waals surface area contributed by atoms with E-state index in [-0.39, 0.29) is 5.82 Å². The van der Waals surface area contributed by atoms with Crippen molar-refractivity contribution in [1.29, 1.82) is 0 Å². The minimum absolute atomic E-state index is 0.282. The minimum Gasteiger partial charge on any atom is -0.497 e. The van der Waals surface area contributed by atoms with Gasteiger partial charge < -0.3 is 10.1 Å². The fraction of sp³-hybridized carbons (Fsp3) is 0.143. The maximum atomic E-state index is 13.8. The molecule has 0 radical (unpaired) electrons. The number of halogens is 3. The van der Waals surface area contributed by atoms with Gasteiger partial charge in [0.1, 0.15) is 11.6 Å². The van der Waals surface area contributed by atoms with E-state index in [1.54, 1.807) is 12.1 Å². The smallest absolute Gasteiger partial charge is 0.131 e. The zero-order valence-corrected chi connectivity index (χ0v) is 13.4. The molecule has 2 aromatic rings. The molecule has 0 unspecified atom stereocenters. The first-order chi connectivity index (χ1) is 9.11. The molecular weight excluding hydrogens is 377 g/mol. The van der Waals surface area contributed by atoms with E-state index in [9.17, 15) is 4.39 Å². The molecule has 0 fully saturated rings. The van der Waals surface area contributed by atoms with Crippen molar-refractivity contribution in [2.75, 3.05) is 12.4 Å². The van der Waals surface area contributed by atoms with Gasteiger partial charge >= 0.3 is 0 Å². The zero-order valence-electron chi connectivity index (χ0n) is 10.2. The van der Waals surface area contributed by atoms with Crippen molar-refractivity contribution in [2.24, 2.45) is 0 Å². The van der Waals surface area contributed by atoms with Gasteiger partial charge in [-0.3, -0.25) is 0 Å². The number of para-hydroxylation sites is 1. The van der Waals surface area contributed by atoms with Gasteiger partial charge in [0.2, 0.25) is 0 Å². The summed E-state index contributed by atoms with van der Waals surface area (Å²) < 4.78 is 20.6. The second-order valence-corrected chi connectivity index (χ2v) is 5.62. The van der Waals surface area contributed by atoms with Gasteiger partial charge in [-0.1, -0.05) is 12.1 Å². The first kappa shape index (κ1) is 14.3. The predicted octanol–water partition coefficient (Wildman–Crippen LogP) is 4.97. The summed E-state index contributed by atoms with van der Waals surface area (Å²) in [7, 11) is 1.52. The van der Waals surface area contributed by atoms with Crippen molar-refractivity contribution in [2.45, 2.75) is 6.54 Å². The number of methoxy groups -OCH3 is 1. The van der Waals surface area contributed by atoms with Crippen LogP contribution in [0.2, 0.25) is 0 Å². The van der Waals surface area contributed by atoms with Crippen LogP contribution in [0.3, 0.4) is 0 Å². The van der Waals surface area contributed by atoms with E-state index in [1.807, 2.05) is 18.2 Å². The third-order valence-electron chi connectivity index (χ3n) is 2.68. The van der Waals surface area contributed by atoms with Gasteiger partial charge in [-0.15, -0.1) is 0 Å². The molecule has 2 aromatic carbocycles. The van der Waals surface area contributed by atoms with Crippen LogP contribution in [0.1, 0.15) is 5.56 Å². The molecule has 0 amide bonds. The molecule has 0 spiro atoms. The summed E-state index contributed by atoms with van der Waals surface area (Å²) in [4.78, 5) is 0. The average Bonchev–Trinajstić information content (AvgIpc) is 2.39. The van der Waals surface area contributed by atoms with Crippen LogP contribution in [0.4, 0.5) is 10.1 Å². The Bertz CT molecular complexity index is 569. The lowest BCUT2D eigenvalue weighted by Gasteiger charge is -2.11. The van der Waals surface area contributed by atoms with E-state index in [2.05, 4.69) is 37.2 Å². The Labute approximate surface area is 128 Å². The van der Waals surface area contributed by atoms with E-state index in [4.69, 9.17) is 4.74 Å². The summed E-state index contributed by atoms with van der Waals surface area (Å²) in [5.41, 5.74) is 1.49. The number of ether oxygens (including phenoxy) is 1. The molecule has 0 aromatic heterocycles. The molecule has 100 valence electrons. The standard InChI is InChI=1S/C14H12Br2FNO/c1-19-10-6-5-9(13(17)7-10)8-18-14-11(15)3-2-4-12(14)16/h2-7,18H,8H2,1H3. The third kappa shape index (κ3) is 3.48. The van der Waals surface area contributed by atoms with Gasteiger partial charge in [-0.2, -0.15) is 0 Å². The Morgan fingerprint density at radius 2 is 1.84 bits per heavy atom. The van der Waals surface area contributed by atoms with Crippen LogP contribution in [0, 0.1) is 5.82 Å². The van der Waals surface area contributed by atoms with Gasteiger partial charge in [-0.05, 0) is 50.1 Å². The van der Waals surface area contributed by atoms with Gasteiger partial charge in [0.25, 0.3) is 0 Å². The summed E-state index contributed by atoms with van der Waals surface area (Å²) in [5, 5.41) is 3.20. The molecule has 5 heteroatoms. The van der Waals surface area contributed by atoms with Crippen LogP contribution in [0.15, 0.2) is 45.3 Å². The highest BCUT2D eigenvalue weighted by Crippen LogP contribution is 2.31. The van der Waals surface area contributed by atoms with Crippen molar-refractivity contribution < 1.29 is 9.13 Å². The van der Waals surface area contributed by atoms with E-state index >= 15 is 0 Å². The van der Waals surface area contributed by atoms with Crippen LogP contribution in [0.5, 0.6) is 5.75 Å². The lowest BCUT2D eigenvalue weighted by molar-refractivity contribution is 0.411. The zero-order chi connectivity index (χ0) is 13.8. The Morgan fingerprint density at radius 3 is 2.42 bits per heavy atom. The highest BCUT2D eigenvalue weighted by Gasteiger charge is 2.07. The highest BCUT2D eigenvalue weighted by molar-refractivity contribution is 9.11. The SMILES string of the molecule is COc1ccc(CNc2c(Br)cccc2Br)c(F)c1. The van der Waals surface area contributed by atoms with Gasteiger partial charge in [-0.25, -0.2) is 4.39 Å². The van der Waals surface area contributed by atoms with E-state index in [1.165, 1.54) is 13.2 Å². The number of hydrogen-bond acceptors (Lipinski definition) is 2. The molecule has 0 aliphatic carbocycles. The molecule has 0 heterocycles. The monoisotopic (exact) mass is 387 g/mol. The largest absolute Gasteiger partial charge is 0.497 e. The van der Waals surface area contributed by atoms with Crippen molar-refractivity contribution in [1.82, 2.24) is 0 Å². The number of hydrogen-bond donors (Lipinski definition) is 1. The van der Waals surface area contributed by atoms with Crippen molar-refractivity contribution in [3.8, 4) is 5.75 Å². The molecule has 1 N–H and O–H groups in total. The minimum atomic E-state index is -0.282. The third-order valence-corrected chi connectivity index (χ3v) is 4.00. The van der Waals surface area contributed by atoms with E-state index in [0.717, 1.165) is 14.6 Å². The van der Waals surface area contributed by atoms with Crippen molar-refractivity contribution in [3.05, 3.63) is 56.7 Å². The number of benzene rings is 2. The molecule has 2 rings (SSSR count). The van der Waals surface area contributed by atoms with Crippen LogP contribution < -0.4 is 10.1 Å². The second-order valence-electron chi connectivity index (χ2n) is 3.91. The summed E-state index contributed by atoms with van der Waals surface area (Å²) in [5.74, 6) is 0.235. The normalized spacial score (nSPS) is 10.3. The Kier molecular flexibility index (Phi) is 4.82. The lowest BCUT2D eigenvalue weighted by Crippen LogP contribution is -2.03. The predicted molar refractivity (Wildman–Crippen MR) is 82.1 cm³/mol. The fourth-order valence-electron chi connectivity index (χ4n) is 1.65. The molecule has 0 atom stereocenters. The summed E-state index contributed by atoms with van der Waals surface area (Å²) in [6.07, 6.45) is 0. The highest BCUT2D eigenvalue weighted by atomic mass is 79.9. The lowest BCUT2D eigenvalue weighted by atomic mass is 10.2. The van der Waals surface area contributed by atoms with E-state index < -0.39 is 0 Å². The van der Waals surface area contributed by atoms with Crippen LogP contribution in [-0.2, 0) is 6.54 Å². The van der Waals surface area contributed by atoms with Crippen LogP contribution >= 0.6 is 31.9 Å². The first-order valence-corrected chi connectivity index (χ1v) is 7.20. The van der Waals surface area contributed by atoms with Crippen molar-refractivity contribution in [3.63, 3.8) is 0 Å². The first-order valence-electron chi connectivity index (χ1n) is 5.62. The number of anilines is 1. The summed E-state index contributed by atoms with van der Waals surface area (Å²) in [6.45, 7) is 0.400. The molecule has 0 saturated carbocycles. The van der Waals surface area contributed by atoms with Crippen LogP contribution in [0.25, 0.3) is 0 Å². The molecule has 0 bridgehead atoms. The Balaban J connectivity index is 2.15. The fourth-order valence-corrected chi connectivity index (χ4v) is 2.93. The number of rotatable bonds is 4. The Hall–Kier alpha value is -1.07. The molecule has 0 aliphatic heterocycles. The second kappa shape index (κ2) is 6.39. The average molecular weight is 389 g/mol. The summed E-state index contributed by atoms with van der Waals surface area (Å²) in [6, 6.07) is 10.6. The molecule has 2 nitrogen and oxygen atoms in total. The van der Waals surface area contributed by atoms with Crippen LogP contribution in [-0.4, -0.2) is 7.11 Å². The topological polar surface area (TPSA) is 21.3 Å².